The van der Waals surface area contributed by atoms with E-state index in [1.54, 1.807) is 18.2 Å². The minimum Gasteiger partial charge on any atom is -0.299 e. The van der Waals surface area contributed by atoms with Gasteiger partial charge < -0.3 is 0 Å². The van der Waals surface area contributed by atoms with E-state index >= 15 is 0 Å². The number of halogens is 2. The van der Waals surface area contributed by atoms with Gasteiger partial charge in [0.2, 0.25) is 0 Å². The molecule has 0 N–H and O–H groups in total. The molecule has 14 heavy (non-hydrogen) atoms. The molecule has 1 aromatic rings. The normalized spacial score (nSPS) is 12.6. The number of hydrogen-bond acceptors (Lipinski definition) is 1. The van der Waals surface area contributed by atoms with E-state index in [0.29, 0.717) is 16.5 Å². The largest absolute Gasteiger partial charge is 0.299 e. The molecule has 0 aliphatic carbocycles. The fraction of sp³-hybridized carbons (Fsp3) is 0.364. The third-order valence-corrected chi connectivity index (χ3v) is 2.84. The molecular weight excluding hydrogens is 219 g/mol. The van der Waals surface area contributed by atoms with Crippen molar-refractivity contribution in [3.63, 3.8) is 0 Å². The maximum Gasteiger partial charge on any atom is 0.139 e. The van der Waals surface area contributed by atoms with Crippen molar-refractivity contribution in [1.29, 1.82) is 0 Å². The van der Waals surface area contributed by atoms with Gasteiger partial charge in [0.15, 0.2) is 0 Å². The zero-order chi connectivity index (χ0) is 10.7. The Bertz CT molecular complexity index is 347. The van der Waals surface area contributed by atoms with Crippen LogP contribution < -0.4 is 0 Å². The fourth-order valence-corrected chi connectivity index (χ4v) is 1.79. The van der Waals surface area contributed by atoms with Crippen LogP contribution in [0.5, 0.6) is 0 Å². The van der Waals surface area contributed by atoms with Gasteiger partial charge in [0.1, 0.15) is 5.78 Å². The molecule has 0 aromatic heterocycles. The van der Waals surface area contributed by atoms with Crippen molar-refractivity contribution < 1.29 is 4.79 Å². The Kier molecular flexibility index (Phi) is 3.97. The lowest BCUT2D eigenvalue weighted by atomic mass is 9.95. The first-order valence-corrected chi connectivity index (χ1v) is 5.29. The summed E-state index contributed by atoms with van der Waals surface area (Å²) in [4.78, 5) is 11.5. The summed E-state index contributed by atoms with van der Waals surface area (Å²) in [7, 11) is 0. The minimum absolute atomic E-state index is 0.175. The number of carbonyl (C=O) groups is 1. The monoisotopic (exact) mass is 230 g/mol. The molecule has 0 aliphatic rings. The van der Waals surface area contributed by atoms with E-state index in [-0.39, 0.29) is 11.7 Å². The smallest absolute Gasteiger partial charge is 0.139 e. The highest BCUT2D eigenvalue weighted by atomic mass is 35.5. The van der Waals surface area contributed by atoms with E-state index < -0.39 is 0 Å². The number of carbonyl (C=O) groups excluding carboxylic acids is 1. The SMILES string of the molecule is CCC(=O)C(C)c1cc(Cl)ccc1Cl. The third kappa shape index (κ3) is 2.49. The molecule has 0 saturated carbocycles. The van der Waals surface area contributed by atoms with Crippen LogP contribution in [0.25, 0.3) is 0 Å². The Morgan fingerprint density at radius 1 is 1.43 bits per heavy atom. The van der Waals surface area contributed by atoms with Crippen LogP contribution in [0.15, 0.2) is 18.2 Å². The van der Waals surface area contributed by atoms with Gasteiger partial charge in [-0.2, -0.15) is 0 Å². The van der Waals surface area contributed by atoms with Crippen molar-refractivity contribution in [3.05, 3.63) is 33.8 Å². The molecule has 3 heteroatoms. The van der Waals surface area contributed by atoms with E-state index in [1.165, 1.54) is 0 Å². The minimum atomic E-state index is -0.175. The van der Waals surface area contributed by atoms with Gasteiger partial charge >= 0.3 is 0 Å². The molecule has 0 bridgehead atoms. The quantitative estimate of drug-likeness (QED) is 0.766. The van der Waals surface area contributed by atoms with Crippen LogP contribution in [0, 0.1) is 0 Å². The number of Topliss-reactive ketones (excluding diaryl/α,β-unsaturated/α-hetero) is 1. The highest BCUT2D eigenvalue weighted by Crippen LogP contribution is 2.28. The first kappa shape index (κ1) is 11.5. The number of hydrogen-bond donors (Lipinski definition) is 0. The standard InChI is InChI=1S/C11H12Cl2O/c1-3-11(14)7(2)9-6-8(12)4-5-10(9)13/h4-7H,3H2,1-2H3. The number of rotatable bonds is 3. The third-order valence-electron chi connectivity index (χ3n) is 2.26. The Hall–Kier alpha value is -0.530. The average Bonchev–Trinajstić information content (AvgIpc) is 2.19. The van der Waals surface area contributed by atoms with Gasteiger partial charge in [0.25, 0.3) is 0 Å². The second-order valence-electron chi connectivity index (χ2n) is 3.21. The summed E-state index contributed by atoms with van der Waals surface area (Å²) in [5.41, 5.74) is 0.811. The Balaban J connectivity index is 3.05. The molecule has 1 nitrogen and oxygen atoms in total. The molecule has 0 aliphatic heterocycles. The maximum atomic E-state index is 11.5. The maximum absolute atomic E-state index is 11.5. The average molecular weight is 231 g/mol. The van der Waals surface area contributed by atoms with Gasteiger partial charge in [-0.1, -0.05) is 37.0 Å². The second-order valence-corrected chi connectivity index (χ2v) is 4.05. The Morgan fingerprint density at radius 3 is 2.64 bits per heavy atom. The summed E-state index contributed by atoms with van der Waals surface area (Å²) < 4.78 is 0. The van der Waals surface area contributed by atoms with Crippen LogP contribution in [0.1, 0.15) is 31.7 Å². The number of benzene rings is 1. The van der Waals surface area contributed by atoms with E-state index in [4.69, 9.17) is 23.2 Å². The second kappa shape index (κ2) is 4.81. The Morgan fingerprint density at radius 2 is 2.07 bits per heavy atom. The first-order chi connectivity index (χ1) is 6.56. The Labute approximate surface area is 94.0 Å². The van der Waals surface area contributed by atoms with Crippen molar-refractivity contribution in [2.24, 2.45) is 0 Å². The van der Waals surface area contributed by atoms with Gasteiger partial charge in [0, 0.05) is 22.4 Å². The van der Waals surface area contributed by atoms with E-state index in [9.17, 15) is 4.79 Å². The fourth-order valence-electron chi connectivity index (χ4n) is 1.33. The lowest BCUT2D eigenvalue weighted by Gasteiger charge is -2.11. The van der Waals surface area contributed by atoms with E-state index in [1.807, 2.05) is 13.8 Å². The molecule has 0 heterocycles. The molecule has 0 saturated heterocycles. The molecule has 0 radical (unpaired) electrons. The predicted molar refractivity (Wildman–Crippen MR) is 60.2 cm³/mol. The molecule has 76 valence electrons. The number of ketones is 1. The summed E-state index contributed by atoms with van der Waals surface area (Å²) in [6.07, 6.45) is 0.518. The van der Waals surface area contributed by atoms with Crippen molar-refractivity contribution in [3.8, 4) is 0 Å². The van der Waals surface area contributed by atoms with Crippen molar-refractivity contribution in [2.45, 2.75) is 26.2 Å². The van der Waals surface area contributed by atoms with Gasteiger partial charge in [0.05, 0.1) is 0 Å². The van der Waals surface area contributed by atoms with Crippen LogP contribution in [0.3, 0.4) is 0 Å². The molecule has 1 rings (SSSR count). The summed E-state index contributed by atoms with van der Waals surface area (Å²) in [5, 5.41) is 1.21. The highest BCUT2D eigenvalue weighted by Gasteiger charge is 2.16. The summed E-state index contributed by atoms with van der Waals surface area (Å²) >= 11 is 11.8. The summed E-state index contributed by atoms with van der Waals surface area (Å²) in [6, 6.07) is 5.19. The predicted octanol–water partition coefficient (Wildman–Crippen LogP) is 4.08. The highest BCUT2D eigenvalue weighted by molar-refractivity contribution is 6.33. The van der Waals surface area contributed by atoms with Gasteiger partial charge in [-0.05, 0) is 23.8 Å². The zero-order valence-corrected chi connectivity index (χ0v) is 9.69. The molecule has 1 aromatic carbocycles. The van der Waals surface area contributed by atoms with Crippen molar-refractivity contribution in [1.82, 2.24) is 0 Å². The summed E-state index contributed by atoms with van der Waals surface area (Å²) in [5.74, 6) is 0.000340. The van der Waals surface area contributed by atoms with Gasteiger partial charge in [-0.25, -0.2) is 0 Å². The molecular formula is C11H12Cl2O. The van der Waals surface area contributed by atoms with Crippen molar-refractivity contribution >= 4 is 29.0 Å². The molecule has 1 unspecified atom stereocenters. The van der Waals surface area contributed by atoms with Crippen LogP contribution >= 0.6 is 23.2 Å². The molecule has 1 atom stereocenters. The van der Waals surface area contributed by atoms with Crippen LogP contribution in [-0.2, 0) is 4.79 Å². The molecule has 0 amide bonds. The lowest BCUT2D eigenvalue weighted by Crippen LogP contribution is -2.07. The topological polar surface area (TPSA) is 17.1 Å². The van der Waals surface area contributed by atoms with Crippen molar-refractivity contribution in [2.75, 3.05) is 0 Å². The zero-order valence-electron chi connectivity index (χ0n) is 8.18. The molecule has 0 fully saturated rings. The van der Waals surface area contributed by atoms with Crippen LogP contribution in [0.4, 0.5) is 0 Å². The van der Waals surface area contributed by atoms with Crippen LogP contribution in [0.2, 0.25) is 10.0 Å². The van der Waals surface area contributed by atoms with Gasteiger partial charge in [-0.15, -0.1) is 0 Å². The lowest BCUT2D eigenvalue weighted by molar-refractivity contribution is -0.119. The van der Waals surface area contributed by atoms with Crippen LogP contribution in [-0.4, -0.2) is 5.78 Å². The van der Waals surface area contributed by atoms with Gasteiger partial charge in [-0.3, -0.25) is 4.79 Å². The first-order valence-electron chi connectivity index (χ1n) is 4.54. The van der Waals surface area contributed by atoms with E-state index in [2.05, 4.69) is 0 Å². The summed E-state index contributed by atoms with van der Waals surface area (Å²) in [6.45, 7) is 3.70. The molecule has 0 spiro atoms. The van der Waals surface area contributed by atoms with E-state index in [0.717, 1.165) is 5.56 Å².